The van der Waals surface area contributed by atoms with E-state index in [1.165, 1.54) is 0 Å². The fraction of sp³-hybridized carbons (Fsp3) is 0.667. The van der Waals surface area contributed by atoms with Crippen molar-refractivity contribution in [1.29, 1.82) is 0 Å². The molecular formula is C6H13IN+. The van der Waals surface area contributed by atoms with Gasteiger partial charge in [-0.1, -0.05) is 6.58 Å². The molecule has 0 N–H and O–H groups in total. The summed E-state index contributed by atoms with van der Waals surface area (Å²) in [5.41, 5.74) is 0. The van der Waals surface area contributed by atoms with E-state index >= 15 is 0 Å². The molecule has 0 aliphatic rings. The Morgan fingerprint density at radius 3 is 2.25 bits per heavy atom. The Bertz CT molecular complexity index is 78.6. The third-order valence-corrected chi connectivity index (χ3v) is 2.79. The topological polar surface area (TPSA) is 0 Å². The van der Waals surface area contributed by atoms with Crippen molar-refractivity contribution in [3.05, 3.63) is 12.7 Å². The van der Waals surface area contributed by atoms with Gasteiger partial charge in [0, 0.05) is 0 Å². The Labute approximate surface area is 65.1 Å². The summed E-state index contributed by atoms with van der Waals surface area (Å²) in [6, 6.07) is 0. The number of alkyl halides is 1. The summed E-state index contributed by atoms with van der Waals surface area (Å²) in [5, 5.41) is 0. The van der Waals surface area contributed by atoms with E-state index in [0.29, 0.717) is 0 Å². The van der Waals surface area contributed by atoms with Crippen molar-refractivity contribution in [3.63, 3.8) is 0 Å². The second kappa shape index (κ2) is 3.45. The Kier molecular flexibility index (Phi) is 3.64. The lowest BCUT2D eigenvalue weighted by molar-refractivity contribution is -0.868. The molecule has 0 atom stereocenters. The molecule has 8 heavy (non-hydrogen) atoms. The van der Waals surface area contributed by atoms with E-state index in [-0.39, 0.29) is 0 Å². The van der Waals surface area contributed by atoms with Gasteiger partial charge < -0.3 is 4.48 Å². The second-order valence-corrected chi connectivity index (χ2v) is 3.21. The Morgan fingerprint density at radius 2 is 2.12 bits per heavy atom. The molecule has 0 radical (unpaired) electrons. The molecule has 0 bridgehead atoms. The molecule has 0 amide bonds. The van der Waals surface area contributed by atoms with Crippen molar-refractivity contribution in [2.45, 2.75) is 0 Å². The van der Waals surface area contributed by atoms with Gasteiger partial charge in [0.25, 0.3) is 0 Å². The van der Waals surface area contributed by atoms with Gasteiger partial charge >= 0.3 is 0 Å². The van der Waals surface area contributed by atoms with Gasteiger partial charge in [0.2, 0.25) is 0 Å². The Hall–Kier alpha value is 0.430. The first-order valence-corrected chi connectivity index (χ1v) is 4.14. The fourth-order valence-corrected chi connectivity index (χ4v) is 0.677. The summed E-state index contributed by atoms with van der Waals surface area (Å²) < 4.78 is 2.17. The predicted molar refractivity (Wildman–Crippen MR) is 46.1 cm³/mol. The largest absolute Gasteiger partial charge is 0.317 e. The van der Waals surface area contributed by atoms with E-state index in [1.54, 1.807) is 0 Å². The molecule has 0 aliphatic heterocycles. The minimum absolute atomic E-state index is 1.03. The standard InChI is InChI=1S/C6H13IN/c1-4-5-8(2,3)6-7/h4H,1,5-6H2,2-3H3/q+1. The smallest absolute Gasteiger partial charge is 0.129 e. The van der Waals surface area contributed by atoms with E-state index in [0.717, 1.165) is 15.6 Å². The van der Waals surface area contributed by atoms with E-state index in [2.05, 4.69) is 43.3 Å². The third kappa shape index (κ3) is 3.43. The summed E-state index contributed by atoms with van der Waals surface area (Å²) in [7, 11) is 4.38. The van der Waals surface area contributed by atoms with Crippen LogP contribution in [0.25, 0.3) is 0 Å². The highest BCUT2D eigenvalue weighted by molar-refractivity contribution is 14.1. The quantitative estimate of drug-likeness (QED) is 0.225. The zero-order valence-corrected chi connectivity index (χ0v) is 7.68. The van der Waals surface area contributed by atoms with Crippen molar-refractivity contribution >= 4 is 22.6 Å². The van der Waals surface area contributed by atoms with Crippen LogP contribution < -0.4 is 0 Å². The first-order valence-electron chi connectivity index (χ1n) is 2.61. The lowest BCUT2D eigenvalue weighted by Gasteiger charge is -2.24. The first kappa shape index (κ1) is 8.43. The van der Waals surface area contributed by atoms with Crippen molar-refractivity contribution in [1.82, 2.24) is 0 Å². The highest BCUT2D eigenvalue weighted by Crippen LogP contribution is 1.99. The molecule has 2 heteroatoms. The summed E-state index contributed by atoms with van der Waals surface area (Å²) in [6.07, 6.45) is 1.96. The minimum atomic E-state index is 1.03. The van der Waals surface area contributed by atoms with Crippen LogP contribution in [0.2, 0.25) is 0 Å². The number of rotatable bonds is 3. The Morgan fingerprint density at radius 1 is 1.62 bits per heavy atom. The van der Waals surface area contributed by atoms with E-state index in [4.69, 9.17) is 0 Å². The van der Waals surface area contributed by atoms with Crippen LogP contribution in [0.4, 0.5) is 0 Å². The second-order valence-electron chi connectivity index (χ2n) is 2.53. The van der Waals surface area contributed by atoms with E-state index in [1.807, 2.05) is 6.08 Å². The van der Waals surface area contributed by atoms with Crippen LogP contribution in [-0.4, -0.2) is 29.7 Å². The van der Waals surface area contributed by atoms with Crippen molar-refractivity contribution in [3.8, 4) is 0 Å². The van der Waals surface area contributed by atoms with Crippen LogP contribution in [0.5, 0.6) is 0 Å². The molecule has 0 spiro atoms. The highest BCUT2D eigenvalue weighted by atomic mass is 127. The molecule has 0 aliphatic carbocycles. The lowest BCUT2D eigenvalue weighted by atomic mass is 10.5. The van der Waals surface area contributed by atoms with Crippen molar-refractivity contribution < 1.29 is 4.48 Å². The molecule has 48 valence electrons. The molecule has 0 heterocycles. The molecule has 0 unspecified atom stereocenters. The average Bonchev–Trinajstić information content (AvgIpc) is 1.67. The number of hydrogen-bond acceptors (Lipinski definition) is 0. The van der Waals surface area contributed by atoms with Gasteiger partial charge in [0.05, 0.1) is 20.6 Å². The number of likely N-dealkylation sites (N-methyl/N-ethyl adjacent to an activating group) is 1. The zero-order valence-electron chi connectivity index (χ0n) is 5.52. The van der Waals surface area contributed by atoms with Gasteiger partial charge in [-0.15, -0.1) is 0 Å². The number of nitrogens with zero attached hydrogens (tertiary/aromatic N) is 1. The summed E-state index contributed by atoms with van der Waals surface area (Å²) >= 11 is 2.38. The normalized spacial score (nSPS) is 11.4. The summed E-state index contributed by atoms with van der Waals surface area (Å²) in [4.78, 5) is 0. The van der Waals surface area contributed by atoms with Gasteiger partial charge in [0.1, 0.15) is 4.55 Å². The third-order valence-electron chi connectivity index (χ3n) is 0.947. The van der Waals surface area contributed by atoms with Gasteiger partial charge in [-0.3, -0.25) is 0 Å². The van der Waals surface area contributed by atoms with Crippen LogP contribution >= 0.6 is 22.6 Å². The SMILES string of the molecule is C=CC[N+](C)(C)CI. The number of hydrogen-bond donors (Lipinski definition) is 0. The fourth-order valence-electron chi connectivity index (χ4n) is 0.398. The van der Waals surface area contributed by atoms with Gasteiger partial charge in [-0.25, -0.2) is 0 Å². The molecular weight excluding hydrogens is 213 g/mol. The van der Waals surface area contributed by atoms with Gasteiger partial charge in [0.15, 0.2) is 0 Å². The van der Waals surface area contributed by atoms with Crippen LogP contribution in [0.1, 0.15) is 0 Å². The molecule has 0 aromatic rings. The predicted octanol–water partition coefficient (Wildman–Crippen LogP) is 1.64. The van der Waals surface area contributed by atoms with Crippen molar-refractivity contribution in [2.75, 3.05) is 25.2 Å². The van der Waals surface area contributed by atoms with Crippen LogP contribution in [0.15, 0.2) is 12.7 Å². The van der Waals surface area contributed by atoms with Gasteiger partial charge in [-0.2, -0.15) is 0 Å². The van der Waals surface area contributed by atoms with Gasteiger partial charge in [-0.05, 0) is 28.7 Å². The maximum Gasteiger partial charge on any atom is 0.129 e. The molecule has 0 fully saturated rings. The van der Waals surface area contributed by atoms with E-state index in [9.17, 15) is 0 Å². The highest BCUT2D eigenvalue weighted by Gasteiger charge is 2.07. The average molecular weight is 226 g/mol. The number of halogens is 1. The van der Waals surface area contributed by atoms with Crippen LogP contribution in [0, 0.1) is 0 Å². The summed E-state index contributed by atoms with van der Waals surface area (Å²) in [5.74, 6) is 0. The molecule has 0 saturated heterocycles. The molecule has 0 rings (SSSR count). The number of quaternary nitrogens is 1. The van der Waals surface area contributed by atoms with Crippen molar-refractivity contribution in [2.24, 2.45) is 0 Å². The monoisotopic (exact) mass is 226 g/mol. The maximum absolute atomic E-state index is 3.67. The Balaban J connectivity index is 3.53. The molecule has 1 nitrogen and oxygen atoms in total. The maximum atomic E-state index is 3.67. The molecule has 0 saturated carbocycles. The molecule has 0 aromatic carbocycles. The summed E-state index contributed by atoms with van der Waals surface area (Å²) in [6.45, 7) is 4.73. The van der Waals surface area contributed by atoms with Crippen LogP contribution in [-0.2, 0) is 0 Å². The lowest BCUT2D eigenvalue weighted by Crippen LogP contribution is -2.37. The zero-order chi connectivity index (χ0) is 6.62. The minimum Gasteiger partial charge on any atom is -0.317 e. The van der Waals surface area contributed by atoms with E-state index < -0.39 is 0 Å². The van der Waals surface area contributed by atoms with Crippen LogP contribution in [0.3, 0.4) is 0 Å². The first-order chi connectivity index (χ1) is 3.62. The molecule has 0 aromatic heterocycles.